The van der Waals surface area contributed by atoms with E-state index in [-0.39, 0.29) is 0 Å². The molecule has 3 aromatic rings. The van der Waals surface area contributed by atoms with Gasteiger partial charge < -0.3 is 4.57 Å². The van der Waals surface area contributed by atoms with Gasteiger partial charge in [-0.15, -0.1) is 22.9 Å². The Bertz CT molecular complexity index is 770. The highest BCUT2D eigenvalue weighted by Crippen LogP contribution is 2.23. The topological polar surface area (TPSA) is 48.5 Å². The molecule has 0 saturated carbocycles. The maximum atomic E-state index is 5.94. The summed E-state index contributed by atoms with van der Waals surface area (Å²) in [5, 5.41) is 5.65. The molecule has 0 amide bonds. The molecule has 3 heterocycles. The summed E-state index contributed by atoms with van der Waals surface area (Å²) in [7, 11) is 1.97. The molecule has 3 rings (SSSR count). The molecule has 0 spiro atoms. The quantitative estimate of drug-likeness (QED) is 0.678. The highest BCUT2D eigenvalue weighted by atomic mass is 35.5. The summed E-state index contributed by atoms with van der Waals surface area (Å²) in [5.74, 6) is 1.59. The molecule has 0 atom stereocenters. The van der Waals surface area contributed by atoms with Crippen molar-refractivity contribution in [3.8, 4) is 0 Å². The smallest absolute Gasteiger partial charge is 0.159 e. The van der Waals surface area contributed by atoms with Crippen LogP contribution in [0.25, 0.3) is 11.2 Å². The third-order valence-corrected chi connectivity index (χ3v) is 4.59. The van der Waals surface area contributed by atoms with Gasteiger partial charge in [0.25, 0.3) is 0 Å². The molecule has 0 unspecified atom stereocenters. The Morgan fingerprint density at radius 1 is 1.38 bits per heavy atom. The van der Waals surface area contributed by atoms with Gasteiger partial charge in [-0.05, 0) is 13.3 Å². The number of aromatic nitrogens is 5. The van der Waals surface area contributed by atoms with Crippen LogP contribution in [0, 0.1) is 6.92 Å². The molecule has 0 aromatic carbocycles. The van der Waals surface area contributed by atoms with Crippen LogP contribution in [0.4, 0.5) is 0 Å². The summed E-state index contributed by atoms with van der Waals surface area (Å²) >= 11 is 7.66. The fraction of sp³-hybridized carbons (Fsp3) is 0.500. The van der Waals surface area contributed by atoms with Crippen molar-refractivity contribution in [3.63, 3.8) is 0 Å². The van der Waals surface area contributed by atoms with Gasteiger partial charge >= 0.3 is 0 Å². The number of nitrogens with zero attached hydrogens (tertiary/aromatic N) is 5. The largest absolute Gasteiger partial charge is 0.307 e. The van der Waals surface area contributed by atoms with Crippen LogP contribution in [0.3, 0.4) is 0 Å². The first kappa shape index (κ1) is 14.5. The summed E-state index contributed by atoms with van der Waals surface area (Å²) in [4.78, 5) is 10.3. The third kappa shape index (κ3) is 2.58. The fourth-order valence-electron chi connectivity index (χ4n) is 2.60. The standard InChI is InChI=1S/C14H18ClN5S/c1-4-11-13-14(19(3)18-11)20(12(17-13)5-6-15)8-10-7-16-9(2)21-10/h7H,4-6,8H2,1-3H3. The molecule has 3 aromatic heterocycles. The molecule has 0 fully saturated rings. The molecule has 0 bridgehead atoms. The molecular weight excluding hydrogens is 306 g/mol. The minimum Gasteiger partial charge on any atom is -0.307 e. The predicted octanol–water partition coefficient (Wildman–Crippen LogP) is 2.93. The van der Waals surface area contributed by atoms with Crippen LogP contribution in [0.2, 0.25) is 0 Å². The van der Waals surface area contributed by atoms with Crippen molar-refractivity contribution in [2.24, 2.45) is 7.05 Å². The SMILES string of the molecule is CCc1nn(C)c2c1nc(CCCl)n2Cc1cnc(C)s1. The molecule has 0 aliphatic rings. The zero-order valence-corrected chi connectivity index (χ0v) is 14.0. The lowest BCUT2D eigenvalue weighted by molar-refractivity contribution is 0.692. The van der Waals surface area contributed by atoms with Gasteiger partial charge in [0.1, 0.15) is 11.3 Å². The molecule has 0 N–H and O–H groups in total. The van der Waals surface area contributed by atoms with E-state index in [0.717, 1.165) is 47.1 Å². The van der Waals surface area contributed by atoms with Crippen LogP contribution < -0.4 is 0 Å². The van der Waals surface area contributed by atoms with Gasteiger partial charge in [-0.1, -0.05) is 6.92 Å². The van der Waals surface area contributed by atoms with Crippen LogP contribution >= 0.6 is 22.9 Å². The first-order valence-corrected chi connectivity index (χ1v) is 8.37. The highest BCUT2D eigenvalue weighted by Gasteiger charge is 2.18. The maximum absolute atomic E-state index is 5.94. The number of rotatable bonds is 5. The number of hydrogen-bond acceptors (Lipinski definition) is 4. The van der Waals surface area contributed by atoms with E-state index >= 15 is 0 Å². The van der Waals surface area contributed by atoms with Crippen molar-refractivity contribution in [2.45, 2.75) is 33.2 Å². The molecule has 0 aliphatic heterocycles. The fourth-order valence-corrected chi connectivity index (χ4v) is 3.55. The van der Waals surface area contributed by atoms with Crippen molar-refractivity contribution >= 4 is 34.1 Å². The van der Waals surface area contributed by atoms with Crippen LogP contribution in [0.15, 0.2) is 6.20 Å². The van der Waals surface area contributed by atoms with Crippen molar-refractivity contribution in [1.29, 1.82) is 0 Å². The average Bonchev–Trinajstić information content (AvgIpc) is 3.09. The summed E-state index contributed by atoms with van der Waals surface area (Å²) in [6, 6.07) is 0. The zero-order chi connectivity index (χ0) is 15.0. The lowest BCUT2D eigenvalue weighted by atomic mass is 10.3. The Hall–Kier alpha value is -1.40. The Kier molecular flexibility index (Phi) is 3.99. The minimum atomic E-state index is 0.569. The highest BCUT2D eigenvalue weighted by molar-refractivity contribution is 7.11. The number of fused-ring (bicyclic) bond motifs is 1. The van der Waals surface area contributed by atoms with E-state index in [1.807, 2.05) is 24.9 Å². The van der Waals surface area contributed by atoms with Gasteiger partial charge in [-0.2, -0.15) is 5.10 Å². The number of hydrogen-bond donors (Lipinski definition) is 0. The predicted molar refractivity (Wildman–Crippen MR) is 86.3 cm³/mol. The Balaban J connectivity index is 2.13. The van der Waals surface area contributed by atoms with E-state index in [2.05, 4.69) is 21.6 Å². The third-order valence-electron chi connectivity index (χ3n) is 3.51. The van der Waals surface area contributed by atoms with Gasteiger partial charge in [0, 0.05) is 30.4 Å². The van der Waals surface area contributed by atoms with E-state index in [1.54, 1.807) is 11.3 Å². The number of halogens is 1. The van der Waals surface area contributed by atoms with Crippen LogP contribution in [0.5, 0.6) is 0 Å². The molecule has 112 valence electrons. The molecule has 7 heteroatoms. The molecule has 21 heavy (non-hydrogen) atoms. The van der Waals surface area contributed by atoms with E-state index in [1.165, 1.54) is 4.88 Å². The van der Waals surface area contributed by atoms with Crippen LogP contribution in [-0.4, -0.2) is 30.2 Å². The van der Waals surface area contributed by atoms with Crippen molar-refractivity contribution in [2.75, 3.05) is 5.88 Å². The summed E-state index contributed by atoms with van der Waals surface area (Å²) < 4.78 is 4.14. The Labute approximate surface area is 132 Å². The number of aryl methyl sites for hydroxylation is 4. The van der Waals surface area contributed by atoms with Crippen molar-refractivity contribution in [1.82, 2.24) is 24.3 Å². The molecule has 0 aliphatic carbocycles. The van der Waals surface area contributed by atoms with Gasteiger partial charge in [0.2, 0.25) is 0 Å². The second-order valence-corrected chi connectivity index (χ2v) is 6.69. The lowest BCUT2D eigenvalue weighted by Gasteiger charge is -2.07. The first-order chi connectivity index (χ1) is 10.1. The van der Waals surface area contributed by atoms with Gasteiger partial charge in [0.15, 0.2) is 5.65 Å². The molecule has 0 saturated heterocycles. The van der Waals surface area contributed by atoms with Gasteiger partial charge in [-0.25, -0.2) is 9.97 Å². The van der Waals surface area contributed by atoms with Crippen LogP contribution in [-0.2, 0) is 26.4 Å². The Morgan fingerprint density at radius 3 is 2.81 bits per heavy atom. The number of thiazole rings is 1. The molecular formula is C14H18ClN5S. The number of imidazole rings is 1. The van der Waals surface area contributed by atoms with Crippen molar-refractivity contribution in [3.05, 3.63) is 27.6 Å². The second-order valence-electron chi connectivity index (χ2n) is 4.99. The summed E-state index contributed by atoms with van der Waals surface area (Å²) in [5.41, 5.74) is 3.11. The maximum Gasteiger partial charge on any atom is 0.159 e. The van der Waals surface area contributed by atoms with E-state index in [0.29, 0.717) is 5.88 Å². The molecule has 0 radical (unpaired) electrons. The van der Waals surface area contributed by atoms with Crippen LogP contribution in [0.1, 0.15) is 28.3 Å². The first-order valence-electron chi connectivity index (χ1n) is 7.02. The minimum absolute atomic E-state index is 0.569. The summed E-state index contributed by atoms with van der Waals surface area (Å²) in [6.45, 7) is 4.90. The van der Waals surface area contributed by atoms with Gasteiger partial charge in [-0.3, -0.25) is 4.68 Å². The van der Waals surface area contributed by atoms with E-state index in [9.17, 15) is 0 Å². The normalized spacial score (nSPS) is 11.6. The van der Waals surface area contributed by atoms with Crippen molar-refractivity contribution < 1.29 is 0 Å². The zero-order valence-electron chi connectivity index (χ0n) is 12.4. The van der Waals surface area contributed by atoms with E-state index < -0.39 is 0 Å². The molecule has 5 nitrogen and oxygen atoms in total. The number of alkyl halides is 1. The lowest BCUT2D eigenvalue weighted by Crippen LogP contribution is -2.08. The average molecular weight is 324 g/mol. The summed E-state index contributed by atoms with van der Waals surface area (Å²) in [6.07, 6.45) is 3.58. The Morgan fingerprint density at radius 2 is 2.19 bits per heavy atom. The van der Waals surface area contributed by atoms with E-state index in [4.69, 9.17) is 16.6 Å². The monoisotopic (exact) mass is 323 g/mol. The van der Waals surface area contributed by atoms with Gasteiger partial charge in [0.05, 0.1) is 17.2 Å². The second kappa shape index (κ2) is 5.77.